The Balaban J connectivity index is 1.56. The normalized spacial score (nSPS) is 22.4. The number of carbonyl (C=O) groups excluding carboxylic acids is 4. The first kappa shape index (κ1) is 15.6. The Kier molecular flexibility index (Phi) is 3.63. The molecule has 0 spiro atoms. The van der Waals surface area contributed by atoms with E-state index in [1.54, 1.807) is 23.1 Å². The SMILES string of the molecule is O=C1CCC(N2Cc3cc(C(=O)N4CC=CC4)ccc3C2=O)C(=O)N1. The van der Waals surface area contributed by atoms with Crippen molar-refractivity contribution in [2.75, 3.05) is 13.1 Å². The summed E-state index contributed by atoms with van der Waals surface area (Å²) in [4.78, 5) is 51.6. The molecular formula is C18H17N3O4. The fraction of sp³-hybridized carbons (Fsp3) is 0.333. The smallest absolute Gasteiger partial charge is 0.255 e. The van der Waals surface area contributed by atoms with Gasteiger partial charge >= 0.3 is 0 Å². The maximum atomic E-state index is 12.6. The van der Waals surface area contributed by atoms with Crippen LogP contribution in [-0.2, 0) is 16.1 Å². The van der Waals surface area contributed by atoms with Crippen LogP contribution in [0.1, 0.15) is 39.1 Å². The number of hydrogen-bond donors (Lipinski definition) is 1. The van der Waals surface area contributed by atoms with Crippen LogP contribution in [0.25, 0.3) is 0 Å². The van der Waals surface area contributed by atoms with E-state index in [4.69, 9.17) is 0 Å². The fourth-order valence-corrected chi connectivity index (χ4v) is 3.53. The summed E-state index contributed by atoms with van der Waals surface area (Å²) in [5.74, 6) is -1.04. The average Bonchev–Trinajstić information content (AvgIpc) is 3.23. The summed E-state index contributed by atoms with van der Waals surface area (Å²) in [7, 11) is 0. The van der Waals surface area contributed by atoms with E-state index in [1.807, 2.05) is 12.2 Å². The number of hydrogen-bond acceptors (Lipinski definition) is 4. The van der Waals surface area contributed by atoms with E-state index in [1.165, 1.54) is 4.90 Å². The monoisotopic (exact) mass is 339 g/mol. The van der Waals surface area contributed by atoms with Gasteiger partial charge in [0.2, 0.25) is 11.8 Å². The highest BCUT2D eigenvalue weighted by molar-refractivity contribution is 6.06. The molecule has 0 aromatic heterocycles. The Morgan fingerprint density at radius 1 is 1.12 bits per heavy atom. The zero-order chi connectivity index (χ0) is 17.6. The Labute approximate surface area is 144 Å². The van der Waals surface area contributed by atoms with Gasteiger partial charge in [0, 0.05) is 37.2 Å². The van der Waals surface area contributed by atoms with E-state index < -0.39 is 11.9 Å². The molecule has 1 fully saturated rings. The average molecular weight is 339 g/mol. The molecule has 3 heterocycles. The van der Waals surface area contributed by atoms with Crippen LogP contribution in [0.5, 0.6) is 0 Å². The van der Waals surface area contributed by atoms with Gasteiger partial charge in [-0.15, -0.1) is 0 Å². The summed E-state index contributed by atoms with van der Waals surface area (Å²) in [6.07, 6.45) is 4.44. The van der Waals surface area contributed by atoms with Gasteiger partial charge in [-0.3, -0.25) is 24.5 Å². The number of amides is 4. The fourth-order valence-electron chi connectivity index (χ4n) is 3.53. The van der Waals surface area contributed by atoms with Crippen LogP contribution in [-0.4, -0.2) is 52.6 Å². The largest absolute Gasteiger partial charge is 0.331 e. The number of rotatable bonds is 2. The van der Waals surface area contributed by atoms with E-state index >= 15 is 0 Å². The molecule has 1 atom stereocenters. The second-order valence-corrected chi connectivity index (χ2v) is 6.45. The molecule has 0 aliphatic carbocycles. The Morgan fingerprint density at radius 3 is 2.60 bits per heavy atom. The lowest BCUT2D eigenvalue weighted by molar-refractivity contribution is -0.136. The van der Waals surface area contributed by atoms with Crippen molar-refractivity contribution in [3.63, 3.8) is 0 Å². The molecule has 3 aliphatic rings. The Hall–Kier alpha value is -2.96. The van der Waals surface area contributed by atoms with E-state index in [0.29, 0.717) is 30.6 Å². The third-order valence-corrected chi connectivity index (χ3v) is 4.88. The summed E-state index contributed by atoms with van der Waals surface area (Å²) in [5, 5.41) is 2.28. The molecule has 3 aliphatic heterocycles. The van der Waals surface area contributed by atoms with E-state index in [2.05, 4.69) is 5.32 Å². The summed E-state index contributed by atoms with van der Waals surface area (Å²) in [5.41, 5.74) is 1.80. The predicted octanol–water partition coefficient (Wildman–Crippen LogP) is 0.460. The highest BCUT2D eigenvalue weighted by Gasteiger charge is 2.39. The first-order valence-corrected chi connectivity index (χ1v) is 8.26. The van der Waals surface area contributed by atoms with E-state index in [0.717, 1.165) is 5.56 Å². The van der Waals surface area contributed by atoms with Crippen molar-refractivity contribution in [3.8, 4) is 0 Å². The van der Waals surface area contributed by atoms with Gasteiger partial charge in [0.25, 0.3) is 11.8 Å². The molecule has 7 nitrogen and oxygen atoms in total. The topological polar surface area (TPSA) is 86.8 Å². The molecule has 1 saturated heterocycles. The number of carbonyl (C=O) groups is 4. The van der Waals surface area contributed by atoms with Gasteiger partial charge in [-0.05, 0) is 30.2 Å². The quantitative estimate of drug-likeness (QED) is 0.626. The molecule has 0 radical (unpaired) electrons. The highest BCUT2D eigenvalue weighted by atomic mass is 16.2. The third kappa shape index (κ3) is 2.61. The van der Waals surface area contributed by atoms with Gasteiger partial charge < -0.3 is 9.80 Å². The number of nitrogens with one attached hydrogen (secondary N) is 1. The van der Waals surface area contributed by atoms with E-state index in [9.17, 15) is 19.2 Å². The molecule has 1 unspecified atom stereocenters. The van der Waals surface area contributed by atoms with Crippen molar-refractivity contribution < 1.29 is 19.2 Å². The maximum absolute atomic E-state index is 12.6. The molecule has 4 rings (SSSR count). The van der Waals surface area contributed by atoms with Crippen molar-refractivity contribution in [2.24, 2.45) is 0 Å². The van der Waals surface area contributed by atoms with Crippen LogP contribution in [0.2, 0.25) is 0 Å². The standard InChI is InChI=1S/C18H17N3O4/c22-15-6-5-14(16(23)19-15)21-10-12-9-11(3-4-13(12)18(21)25)17(24)20-7-1-2-8-20/h1-4,9,14H,5-8,10H2,(H,19,22,23). The van der Waals surface area contributed by atoms with Crippen LogP contribution in [0.3, 0.4) is 0 Å². The lowest BCUT2D eigenvalue weighted by atomic mass is 10.0. The van der Waals surface area contributed by atoms with Crippen LogP contribution in [0.15, 0.2) is 30.4 Å². The molecule has 1 aromatic carbocycles. The van der Waals surface area contributed by atoms with Crippen molar-refractivity contribution in [1.82, 2.24) is 15.1 Å². The number of nitrogens with zero attached hydrogens (tertiary/aromatic N) is 2. The molecular weight excluding hydrogens is 322 g/mol. The van der Waals surface area contributed by atoms with Gasteiger partial charge in [0.1, 0.15) is 6.04 Å². The van der Waals surface area contributed by atoms with Crippen molar-refractivity contribution in [1.29, 1.82) is 0 Å². The Bertz CT molecular complexity index is 822. The molecule has 0 bridgehead atoms. The summed E-state index contributed by atoms with van der Waals surface area (Å²) < 4.78 is 0. The minimum Gasteiger partial charge on any atom is -0.331 e. The maximum Gasteiger partial charge on any atom is 0.255 e. The molecule has 1 N–H and O–H groups in total. The zero-order valence-electron chi connectivity index (χ0n) is 13.5. The lowest BCUT2D eigenvalue weighted by Crippen LogP contribution is -2.52. The minimum absolute atomic E-state index is 0.0697. The highest BCUT2D eigenvalue weighted by Crippen LogP contribution is 2.28. The Morgan fingerprint density at radius 2 is 1.88 bits per heavy atom. The zero-order valence-corrected chi connectivity index (χ0v) is 13.5. The molecule has 128 valence electrons. The van der Waals surface area contributed by atoms with Gasteiger partial charge in [-0.1, -0.05) is 12.2 Å². The van der Waals surface area contributed by atoms with Crippen LogP contribution < -0.4 is 5.32 Å². The van der Waals surface area contributed by atoms with Crippen molar-refractivity contribution in [2.45, 2.75) is 25.4 Å². The molecule has 1 aromatic rings. The van der Waals surface area contributed by atoms with Gasteiger partial charge in [0.15, 0.2) is 0 Å². The second-order valence-electron chi connectivity index (χ2n) is 6.45. The van der Waals surface area contributed by atoms with Crippen LogP contribution in [0, 0.1) is 0 Å². The first-order valence-electron chi connectivity index (χ1n) is 8.26. The van der Waals surface area contributed by atoms with Gasteiger partial charge in [0.05, 0.1) is 0 Å². The number of imide groups is 1. The molecule has 0 saturated carbocycles. The molecule has 25 heavy (non-hydrogen) atoms. The third-order valence-electron chi connectivity index (χ3n) is 4.88. The van der Waals surface area contributed by atoms with Crippen molar-refractivity contribution >= 4 is 23.6 Å². The number of benzene rings is 1. The minimum atomic E-state index is -0.639. The summed E-state index contributed by atoms with van der Waals surface area (Å²) in [6.45, 7) is 1.47. The first-order chi connectivity index (χ1) is 12.0. The van der Waals surface area contributed by atoms with E-state index in [-0.39, 0.29) is 30.7 Å². The summed E-state index contributed by atoms with van der Waals surface area (Å²) >= 11 is 0. The van der Waals surface area contributed by atoms with Gasteiger partial charge in [-0.25, -0.2) is 0 Å². The summed E-state index contributed by atoms with van der Waals surface area (Å²) in [6, 6.07) is 4.41. The second kappa shape index (κ2) is 5.84. The molecule has 4 amide bonds. The predicted molar refractivity (Wildman–Crippen MR) is 87.5 cm³/mol. The van der Waals surface area contributed by atoms with Gasteiger partial charge in [-0.2, -0.15) is 0 Å². The van der Waals surface area contributed by atoms with Crippen molar-refractivity contribution in [3.05, 3.63) is 47.0 Å². The molecule has 7 heteroatoms. The lowest BCUT2D eigenvalue weighted by Gasteiger charge is -2.29. The number of piperidine rings is 1. The van der Waals surface area contributed by atoms with Crippen LogP contribution in [0.4, 0.5) is 0 Å². The number of fused-ring (bicyclic) bond motifs is 1. The van der Waals surface area contributed by atoms with Crippen LogP contribution >= 0.6 is 0 Å².